The Labute approximate surface area is 164 Å². The first kappa shape index (κ1) is 18.6. The van der Waals surface area contributed by atoms with Gasteiger partial charge in [0.15, 0.2) is 6.39 Å². The van der Waals surface area contributed by atoms with Crippen LogP contribution in [0, 0.1) is 0 Å². The fourth-order valence-electron chi connectivity index (χ4n) is 3.84. The third-order valence-corrected chi connectivity index (χ3v) is 5.21. The molecule has 148 valence electrons. The van der Waals surface area contributed by atoms with Crippen LogP contribution in [0.4, 0.5) is 0 Å². The highest BCUT2D eigenvalue weighted by Crippen LogP contribution is 2.32. The van der Waals surface area contributed by atoms with E-state index in [0.29, 0.717) is 0 Å². The van der Waals surface area contributed by atoms with Gasteiger partial charge < -0.3 is 13.9 Å². The van der Waals surface area contributed by atoms with Crippen molar-refractivity contribution in [2.45, 2.75) is 39.4 Å². The van der Waals surface area contributed by atoms with Crippen LogP contribution in [-0.4, -0.2) is 40.4 Å². The molecule has 0 saturated heterocycles. The molecule has 0 N–H and O–H groups in total. The number of fused-ring (bicyclic) bond motifs is 1. The van der Waals surface area contributed by atoms with Gasteiger partial charge in [-0.1, -0.05) is 13.0 Å². The van der Waals surface area contributed by atoms with Gasteiger partial charge in [-0.05, 0) is 12.5 Å². The van der Waals surface area contributed by atoms with E-state index in [-0.39, 0.29) is 0 Å². The Morgan fingerprint density at radius 1 is 1.21 bits per heavy atom. The number of aryl methyl sites for hydroxylation is 1. The van der Waals surface area contributed by atoms with Crippen molar-refractivity contribution in [1.82, 2.24) is 19.7 Å². The summed E-state index contributed by atoms with van der Waals surface area (Å²) in [6.45, 7) is 5.72. The number of ether oxygens (including phenoxy) is 2. The molecule has 0 spiro atoms. The predicted octanol–water partition coefficient (Wildman–Crippen LogP) is 3.52. The van der Waals surface area contributed by atoms with Gasteiger partial charge in [0.25, 0.3) is 0 Å². The Hall–Kier alpha value is -2.80. The number of nitrogens with zero attached hydrogens (tertiary/aromatic N) is 4. The summed E-state index contributed by atoms with van der Waals surface area (Å²) in [7, 11) is 3.37. The molecule has 0 aliphatic carbocycles. The van der Waals surface area contributed by atoms with Crippen molar-refractivity contribution in [3.05, 3.63) is 47.7 Å². The molecule has 3 heterocycles. The van der Waals surface area contributed by atoms with Gasteiger partial charge in [0.05, 0.1) is 14.2 Å². The van der Waals surface area contributed by atoms with E-state index in [0.717, 1.165) is 67.5 Å². The van der Waals surface area contributed by atoms with Crippen LogP contribution in [0.5, 0.6) is 11.5 Å². The van der Waals surface area contributed by atoms with E-state index in [1.54, 1.807) is 20.5 Å². The molecule has 0 radical (unpaired) electrons. The SMILES string of the molecule is CCCn1nc(-c2cocn2)c2c1CCN(Cc1ccc(OC)cc1OC)C2. The van der Waals surface area contributed by atoms with Crippen LogP contribution < -0.4 is 9.47 Å². The molecule has 0 bridgehead atoms. The van der Waals surface area contributed by atoms with Crippen molar-refractivity contribution in [1.29, 1.82) is 0 Å². The first-order chi connectivity index (χ1) is 13.7. The van der Waals surface area contributed by atoms with E-state index in [1.807, 2.05) is 12.1 Å². The Morgan fingerprint density at radius 3 is 2.82 bits per heavy atom. The molecule has 0 unspecified atom stereocenters. The molecular formula is C21H26N4O3. The average molecular weight is 382 g/mol. The van der Waals surface area contributed by atoms with Crippen LogP contribution in [0.3, 0.4) is 0 Å². The van der Waals surface area contributed by atoms with Gasteiger partial charge >= 0.3 is 0 Å². The van der Waals surface area contributed by atoms with E-state index in [2.05, 4.69) is 27.6 Å². The molecule has 4 rings (SSSR count). The average Bonchev–Trinajstić information content (AvgIpc) is 3.37. The zero-order valence-electron chi connectivity index (χ0n) is 16.6. The van der Waals surface area contributed by atoms with E-state index < -0.39 is 0 Å². The van der Waals surface area contributed by atoms with E-state index in [4.69, 9.17) is 19.0 Å². The minimum atomic E-state index is 0.801. The van der Waals surface area contributed by atoms with Crippen LogP contribution in [-0.2, 0) is 26.1 Å². The monoisotopic (exact) mass is 382 g/mol. The Kier molecular flexibility index (Phi) is 5.34. The highest BCUT2D eigenvalue weighted by molar-refractivity contribution is 5.59. The molecule has 1 aliphatic rings. The van der Waals surface area contributed by atoms with Crippen molar-refractivity contribution in [3.63, 3.8) is 0 Å². The first-order valence-electron chi connectivity index (χ1n) is 9.63. The molecule has 0 fully saturated rings. The van der Waals surface area contributed by atoms with Gasteiger partial charge in [-0.25, -0.2) is 4.98 Å². The molecule has 7 nitrogen and oxygen atoms in total. The van der Waals surface area contributed by atoms with Crippen LogP contribution in [0.1, 0.15) is 30.2 Å². The second-order valence-electron chi connectivity index (χ2n) is 7.01. The minimum Gasteiger partial charge on any atom is -0.497 e. The minimum absolute atomic E-state index is 0.801. The largest absolute Gasteiger partial charge is 0.497 e. The number of methoxy groups -OCH3 is 2. The summed E-state index contributed by atoms with van der Waals surface area (Å²) in [4.78, 5) is 6.75. The number of aromatic nitrogens is 3. The van der Waals surface area contributed by atoms with Crippen LogP contribution in [0.2, 0.25) is 0 Å². The Bertz CT molecular complexity index is 934. The smallest absolute Gasteiger partial charge is 0.181 e. The predicted molar refractivity (Wildman–Crippen MR) is 105 cm³/mol. The molecular weight excluding hydrogens is 356 g/mol. The summed E-state index contributed by atoms with van der Waals surface area (Å²) in [6.07, 6.45) is 5.16. The van der Waals surface area contributed by atoms with Crippen LogP contribution in [0.25, 0.3) is 11.4 Å². The number of benzene rings is 1. The normalized spacial score (nSPS) is 14.1. The van der Waals surface area contributed by atoms with Crippen molar-refractivity contribution in [3.8, 4) is 22.9 Å². The molecule has 2 aromatic heterocycles. The number of rotatable bonds is 7. The summed E-state index contributed by atoms with van der Waals surface area (Å²) >= 11 is 0. The van der Waals surface area contributed by atoms with Gasteiger partial charge in [-0.15, -0.1) is 0 Å². The van der Waals surface area contributed by atoms with Crippen molar-refractivity contribution in [2.24, 2.45) is 0 Å². The van der Waals surface area contributed by atoms with Gasteiger partial charge in [0, 0.05) is 55.5 Å². The van der Waals surface area contributed by atoms with Crippen molar-refractivity contribution < 1.29 is 13.9 Å². The summed E-state index contributed by atoms with van der Waals surface area (Å²) in [6, 6.07) is 5.99. The second kappa shape index (κ2) is 8.06. The van der Waals surface area contributed by atoms with Crippen molar-refractivity contribution >= 4 is 0 Å². The van der Waals surface area contributed by atoms with Crippen LogP contribution in [0.15, 0.2) is 35.3 Å². The molecule has 0 amide bonds. The highest BCUT2D eigenvalue weighted by Gasteiger charge is 2.27. The second-order valence-corrected chi connectivity index (χ2v) is 7.01. The summed E-state index contributed by atoms with van der Waals surface area (Å²) in [5.74, 6) is 1.65. The molecule has 0 saturated carbocycles. The molecule has 3 aromatic rings. The molecule has 7 heteroatoms. The number of hydrogen-bond donors (Lipinski definition) is 0. The topological polar surface area (TPSA) is 65.6 Å². The quantitative estimate of drug-likeness (QED) is 0.623. The molecule has 1 aromatic carbocycles. The lowest BCUT2D eigenvalue weighted by Gasteiger charge is -2.28. The Balaban J connectivity index is 1.61. The standard InChI is InChI=1S/C21H26N4O3/c1-4-8-25-19-7-9-24(11-15-5-6-16(26-2)10-20(15)27-3)12-17(19)21(23-25)18-13-28-14-22-18/h5-6,10,13-14H,4,7-9,11-12H2,1-3H3. The summed E-state index contributed by atoms with van der Waals surface area (Å²) < 4.78 is 18.2. The lowest BCUT2D eigenvalue weighted by atomic mass is 10.0. The van der Waals surface area contributed by atoms with Gasteiger partial charge in [0.1, 0.15) is 29.2 Å². The third kappa shape index (κ3) is 3.49. The highest BCUT2D eigenvalue weighted by atomic mass is 16.5. The van der Waals surface area contributed by atoms with Gasteiger partial charge in [0.2, 0.25) is 0 Å². The zero-order valence-corrected chi connectivity index (χ0v) is 16.6. The Morgan fingerprint density at radius 2 is 2.11 bits per heavy atom. The lowest BCUT2D eigenvalue weighted by Crippen LogP contribution is -2.31. The van der Waals surface area contributed by atoms with Gasteiger partial charge in [-0.3, -0.25) is 9.58 Å². The summed E-state index contributed by atoms with van der Waals surface area (Å²) in [5.41, 5.74) is 5.45. The van der Waals surface area contributed by atoms with Crippen LogP contribution >= 0.6 is 0 Å². The molecule has 0 atom stereocenters. The number of oxazole rings is 1. The number of hydrogen-bond acceptors (Lipinski definition) is 6. The fourth-order valence-corrected chi connectivity index (χ4v) is 3.84. The maximum atomic E-state index is 5.57. The first-order valence-corrected chi connectivity index (χ1v) is 9.63. The lowest BCUT2D eigenvalue weighted by molar-refractivity contribution is 0.238. The summed E-state index contributed by atoms with van der Waals surface area (Å²) in [5, 5.41) is 4.85. The molecule has 1 aliphatic heterocycles. The van der Waals surface area contributed by atoms with Crippen molar-refractivity contribution in [2.75, 3.05) is 20.8 Å². The molecule has 28 heavy (non-hydrogen) atoms. The van der Waals surface area contributed by atoms with E-state index >= 15 is 0 Å². The maximum absolute atomic E-state index is 5.57. The van der Waals surface area contributed by atoms with Gasteiger partial charge in [-0.2, -0.15) is 5.10 Å². The van der Waals surface area contributed by atoms with E-state index in [1.165, 1.54) is 17.7 Å². The maximum Gasteiger partial charge on any atom is 0.181 e. The zero-order chi connectivity index (χ0) is 19.5. The van der Waals surface area contributed by atoms with E-state index in [9.17, 15) is 0 Å². The third-order valence-electron chi connectivity index (χ3n) is 5.21. The fraction of sp³-hybridized carbons (Fsp3) is 0.429.